The van der Waals surface area contributed by atoms with Crippen LogP contribution in [0.15, 0.2) is 33.3 Å². The van der Waals surface area contributed by atoms with Crippen molar-refractivity contribution < 1.29 is 18.8 Å². The predicted molar refractivity (Wildman–Crippen MR) is 107 cm³/mol. The summed E-state index contributed by atoms with van der Waals surface area (Å²) in [5, 5.41) is 3.97. The molecule has 2 atom stereocenters. The molecule has 1 aliphatic rings. The molecule has 1 aliphatic heterocycles. The predicted octanol–water partition coefficient (Wildman–Crippen LogP) is 3.09. The first-order valence-corrected chi connectivity index (χ1v) is 10.1. The zero-order valence-electron chi connectivity index (χ0n) is 16.0. The van der Waals surface area contributed by atoms with Gasteiger partial charge < -0.3 is 19.9 Å². The van der Waals surface area contributed by atoms with Crippen molar-refractivity contribution >= 4 is 27.7 Å². The Hall–Kier alpha value is -2.35. The van der Waals surface area contributed by atoms with E-state index in [-0.39, 0.29) is 24.3 Å². The van der Waals surface area contributed by atoms with Gasteiger partial charge in [0.1, 0.15) is 23.2 Å². The Morgan fingerprint density at radius 3 is 2.89 bits per heavy atom. The maximum absolute atomic E-state index is 13.1. The second kappa shape index (κ2) is 8.77. The minimum absolute atomic E-state index is 0.119. The number of primary amides is 1. The van der Waals surface area contributed by atoms with Crippen LogP contribution in [0.4, 0.5) is 0 Å². The summed E-state index contributed by atoms with van der Waals surface area (Å²) in [7, 11) is 0. The lowest BCUT2D eigenvalue weighted by Crippen LogP contribution is -2.49. The molecular formula is C20H24BrN3O4. The minimum Gasteiger partial charge on any atom is -0.490 e. The molecule has 0 spiro atoms. The van der Waals surface area contributed by atoms with Crippen molar-refractivity contribution in [1.82, 2.24) is 10.1 Å². The molecule has 1 fully saturated rings. The van der Waals surface area contributed by atoms with E-state index in [1.807, 2.05) is 31.2 Å². The fourth-order valence-corrected chi connectivity index (χ4v) is 3.99. The Morgan fingerprint density at radius 2 is 2.21 bits per heavy atom. The maximum Gasteiger partial charge on any atom is 0.259 e. The zero-order chi connectivity index (χ0) is 20.3. The number of aryl methyl sites for hydroxylation is 2. The molecule has 1 aromatic carbocycles. The molecule has 8 heteroatoms. The molecule has 1 aromatic heterocycles. The summed E-state index contributed by atoms with van der Waals surface area (Å²) in [5.74, 6) is 0.528. The van der Waals surface area contributed by atoms with Gasteiger partial charge in [-0.25, -0.2) is 0 Å². The third-order valence-electron chi connectivity index (χ3n) is 4.98. The van der Waals surface area contributed by atoms with Crippen LogP contribution in [-0.4, -0.2) is 41.1 Å². The van der Waals surface area contributed by atoms with Crippen LogP contribution in [0.25, 0.3) is 0 Å². The number of hydrogen-bond acceptors (Lipinski definition) is 5. The largest absolute Gasteiger partial charge is 0.490 e. The Bertz CT molecular complexity index is 867. The van der Waals surface area contributed by atoms with E-state index in [0.717, 1.165) is 10.2 Å². The number of piperidine rings is 1. The summed E-state index contributed by atoms with van der Waals surface area (Å²) in [6.45, 7) is 4.60. The number of aromatic nitrogens is 1. The van der Waals surface area contributed by atoms with E-state index in [1.54, 1.807) is 11.8 Å². The molecule has 0 aliphatic carbocycles. The van der Waals surface area contributed by atoms with Gasteiger partial charge >= 0.3 is 0 Å². The molecule has 3 rings (SSSR count). The first kappa shape index (κ1) is 20.4. The van der Waals surface area contributed by atoms with Gasteiger partial charge in [0, 0.05) is 36.3 Å². The third-order valence-corrected chi connectivity index (χ3v) is 5.47. The Kier molecular flexibility index (Phi) is 6.39. The molecule has 28 heavy (non-hydrogen) atoms. The minimum atomic E-state index is -0.405. The van der Waals surface area contributed by atoms with Crippen LogP contribution in [0, 0.1) is 12.8 Å². The third kappa shape index (κ3) is 4.55. The fraction of sp³-hybridized carbons (Fsp3) is 0.450. The van der Waals surface area contributed by atoms with Crippen LogP contribution in [0.1, 0.15) is 41.6 Å². The first-order chi connectivity index (χ1) is 13.4. The molecular weight excluding hydrogens is 426 g/mol. The molecule has 2 aromatic rings. The standard InChI is InChI=1S/C20H24BrN3O4/c1-3-16-19(12(2)28-23-16)20(26)24-8-7-17(13(11-24)9-18(22)25)27-15-6-4-5-14(21)10-15/h4-6,10,13,17H,3,7-9,11H2,1-2H3,(H2,22,25)/t13-,17-/m0/s1. The van der Waals surface area contributed by atoms with Crippen molar-refractivity contribution in [3.8, 4) is 5.75 Å². The normalized spacial score (nSPS) is 19.5. The SMILES string of the molecule is CCc1noc(C)c1C(=O)N1CC[C@H](Oc2cccc(Br)c2)[C@@H](CC(N)=O)C1. The number of amides is 2. The van der Waals surface area contributed by atoms with Crippen LogP contribution in [-0.2, 0) is 11.2 Å². The number of rotatable bonds is 6. The van der Waals surface area contributed by atoms with E-state index in [9.17, 15) is 9.59 Å². The average molecular weight is 450 g/mol. The van der Waals surface area contributed by atoms with Crippen LogP contribution in [0.2, 0.25) is 0 Å². The molecule has 2 N–H and O–H groups in total. The topological polar surface area (TPSA) is 98.7 Å². The Balaban J connectivity index is 1.77. The summed E-state index contributed by atoms with van der Waals surface area (Å²) in [6, 6.07) is 7.56. The summed E-state index contributed by atoms with van der Waals surface area (Å²) in [6.07, 6.45) is 1.19. The van der Waals surface area contributed by atoms with Crippen molar-refractivity contribution in [3.05, 3.63) is 45.8 Å². The monoisotopic (exact) mass is 449 g/mol. The fourth-order valence-electron chi connectivity index (χ4n) is 3.61. The number of carbonyl (C=O) groups excluding carboxylic acids is 2. The van der Waals surface area contributed by atoms with Gasteiger partial charge in [-0.1, -0.05) is 34.1 Å². The van der Waals surface area contributed by atoms with Gasteiger partial charge in [0.15, 0.2) is 0 Å². The van der Waals surface area contributed by atoms with Crippen molar-refractivity contribution in [2.45, 2.75) is 39.2 Å². The number of nitrogens with zero attached hydrogens (tertiary/aromatic N) is 2. The molecule has 2 heterocycles. The summed E-state index contributed by atoms with van der Waals surface area (Å²) < 4.78 is 12.2. The van der Waals surface area contributed by atoms with Gasteiger partial charge in [-0.3, -0.25) is 9.59 Å². The number of nitrogens with two attached hydrogens (primary N) is 1. The number of benzene rings is 1. The van der Waals surface area contributed by atoms with E-state index in [0.29, 0.717) is 42.9 Å². The highest BCUT2D eigenvalue weighted by atomic mass is 79.9. The number of ether oxygens (including phenoxy) is 1. The number of carbonyl (C=O) groups is 2. The van der Waals surface area contributed by atoms with Crippen LogP contribution < -0.4 is 10.5 Å². The molecule has 0 bridgehead atoms. The second-order valence-electron chi connectivity index (χ2n) is 7.00. The van der Waals surface area contributed by atoms with Gasteiger partial charge in [0.2, 0.25) is 5.91 Å². The highest BCUT2D eigenvalue weighted by Gasteiger charge is 2.36. The molecule has 150 valence electrons. The van der Waals surface area contributed by atoms with Crippen LogP contribution >= 0.6 is 15.9 Å². The lowest BCUT2D eigenvalue weighted by atomic mass is 9.90. The number of likely N-dealkylation sites (tertiary alicyclic amines) is 1. The molecule has 2 amide bonds. The van der Waals surface area contributed by atoms with Crippen molar-refractivity contribution in [2.75, 3.05) is 13.1 Å². The molecule has 1 saturated heterocycles. The molecule has 0 radical (unpaired) electrons. The highest BCUT2D eigenvalue weighted by molar-refractivity contribution is 9.10. The Morgan fingerprint density at radius 1 is 1.43 bits per heavy atom. The number of halogens is 1. The van der Waals surface area contributed by atoms with Crippen molar-refractivity contribution in [2.24, 2.45) is 11.7 Å². The lowest BCUT2D eigenvalue weighted by Gasteiger charge is -2.38. The van der Waals surface area contributed by atoms with Gasteiger partial charge in [-0.05, 0) is 31.5 Å². The van der Waals surface area contributed by atoms with Gasteiger partial charge in [-0.2, -0.15) is 0 Å². The van der Waals surface area contributed by atoms with Crippen LogP contribution in [0.3, 0.4) is 0 Å². The number of hydrogen-bond donors (Lipinski definition) is 1. The molecule has 7 nitrogen and oxygen atoms in total. The van der Waals surface area contributed by atoms with E-state index in [2.05, 4.69) is 21.1 Å². The van der Waals surface area contributed by atoms with Crippen LogP contribution in [0.5, 0.6) is 5.75 Å². The van der Waals surface area contributed by atoms with Gasteiger partial charge in [-0.15, -0.1) is 0 Å². The zero-order valence-corrected chi connectivity index (χ0v) is 17.6. The first-order valence-electron chi connectivity index (χ1n) is 9.34. The summed E-state index contributed by atoms with van der Waals surface area (Å²) >= 11 is 3.43. The van der Waals surface area contributed by atoms with Crippen molar-refractivity contribution in [1.29, 1.82) is 0 Å². The highest BCUT2D eigenvalue weighted by Crippen LogP contribution is 2.28. The van der Waals surface area contributed by atoms with E-state index >= 15 is 0 Å². The quantitative estimate of drug-likeness (QED) is 0.730. The summed E-state index contributed by atoms with van der Waals surface area (Å²) in [4.78, 5) is 26.4. The van der Waals surface area contributed by atoms with Crippen molar-refractivity contribution in [3.63, 3.8) is 0 Å². The smallest absolute Gasteiger partial charge is 0.259 e. The molecule has 0 saturated carbocycles. The van der Waals surface area contributed by atoms with E-state index in [4.69, 9.17) is 15.0 Å². The van der Waals surface area contributed by atoms with E-state index in [1.165, 1.54) is 0 Å². The molecule has 0 unspecified atom stereocenters. The van der Waals surface area contributed by atoms with E-state index < -0.39 is 5.91 Å². The summed E-state index contributed by atoms with van der Waals surface area (Å²) in [5.41, 5.74) is 6.63. The average Bonchev–Trinajstić information content (AvgIpc) is 3.03. The lowest BCUT2D eigenvalue weighted by molar-refractivity contribution is -0.120. The maximum atomic E-state index is 13.1. The Labute approximate surface area is 172 Å². The second-order valence-corrected chi connectivity index (χ2v) is 7.91. The van der Waals surface area contributed by atoms with Gasteiger partial charge in [0.25, 0.3) is 5.91 Å². The van der Waals surface area contributed by atoms with Gasteiger partial charge in [0.05, 0.1) is 5.69 Å².